The van der Waals surface area contributed by atoms with Gasteiger partial charge in [0.1, 0.15) is 0 Å². The number of pyridine rings is 1. The summed E-state index contributed by atoms with van der Waals surface area (Å²) in [5.74, 6) is -0.728. The molecule has 0 atom stereocenters. The molecule has 0 spiro atoms. The molecule has 1 aromatic heterocycles. The highest BCUT2D eigenvalue weighted by atomic mass is 16.4. The van der Waals surface area contributed by atoms with Gasteiger partial charge in [-0.25, -0.2) is 0 Å². The summed E-state index contributed by atoms with van der Waals surface area (Å²) < 4.78 is 0. The molecule has 3 nitrogen and oxygen atoms in total. The van der Waals surface area contributed by atoms with Crippen LogP contribution in [0.5, 0.6) is 0 Å². The molecule has 1 aliphatic rings. The van der Waals surface area contributed by atoms with Gasteiger partial charge in [0.2, 0.25) is 0 Å². The zero-order valence-corrected chi connectivity index (χ0v) is 11.8. The van der Waals surface area contributed by atoms with Gasteiger partial charge in [0.25, 0.3) is 0 Å². The third-order valence-electron chi connectivity index (χ3n) is 4.21. The Morgan fingerprint density at radius 3 is 2.95 bits per heavy atom. The molecule has 104 valence electrons. The topological polar surface area (TPSA) is 50.2 Å². The first-order valence-corrected chi connectivity index (χ1v) is 7.34. The van der Waals surface area contributed by atoms with Crippen molar-refractivity contribution in [2.24, 2.45) is 0 Å². The van der Waals surface area contributed by atoms with E-state index in [1.807, 2.05) is 0 Å². The molecule has 3 rings (SSSR count). The normalized spacial score (nSPS) is 13.7. The van der Waals surface area contributed by atoms with Gasteiger partial charge in [0, 0.05) is 17.5 Å². The Bertz CT molecular complexity index is 676. The standard InChI is InChI=1S/C17H19NO2/c1-2-11-5-3-7-14-12(9-10-16(19)20)13-6-4-8-15(13)18-17(11)14/h3,5,7H,2,4,6,8-10H2,1H3,(H,19,20). The number of para-hydroxylation sites is 1. The lowest BCUT2D eigenvalue weighted by molar-refractivity contribution is -0.136. The van der Waals surface area contributed by atoms with Crippen LogP contribution in [0.15, 0.2) is 18.2 Å². The number of aliphatic carboxylic acids is 1. The smallest absolute Gasteiger partial charge is 0.303 e. The Labute approximate surface area is 118 Å². The predicted molar refractivity (Wildman–Crippen MR) is 79.1 cm³/mol. The number of nitrogens with zero attached hydrogens (tertiary/aromatic N) is 1. The first kappa shape index (κ1) is 13.1. The van der Waals surface area contributed by atoms with E-state index in [9.17, 15) is 4.79 Å². The van der Waals surface area contributed by atoms with Crippen LogP contribution in [0, 0.1) is 0 Å². The average Bonchev–Trinajstić information content (AvgIpc) is 2.90. The van der Waals surface area contributed by atoms with Gasteiger partial charge < -0.3 is 5.11 Å². The van der Waals surface area contributed by atoms with Crippen molar-refractivity contribution in [3.8, 4) is 0 Å². The van der Waals surface area contributed by atoms with E-state index in [-0.39, 0.29) is 6.42 Å². The highest BCUT2D eigenvalue weighted by Gasteiger charge is 2.20. The van der Waals surface area contributed by atoms with Gasteiger partial charge >= 0.3 is 5.97 Å². The fourth-order valence-electron chi connectivity index (χ4n) is 3.24. The van der Waals surface area contributed by atoms with Crippen molar-refractivity contribution < 1.29 is 9.90 Å². The van der Waals surface area contributed by atoms with Crippen molar-refractivity contribution in [3.05, 3.63) is 40.6 Å². The summed E-state index contributed by atoms with van der Waals surface area (Å²) in [5, 5.41) is 10.1. The third-order valence-corrected chi connectivity index (χ3v) is 4.21. The van der Waals surface area contributed by atoms with E-state index >= 15 is 0 Å². The monoisotopic (exact) mass is 269 g/mol. The minimum absolute atomic E-state index is 0.196. The molecule has 1 N–H and O–H groups in total. The van der Waals surface area contributed by atoms with E-state index in [1.165, 1.54) is 22.4 Å². The largest absolute Gasteiger partial charge is 0.481 e. The number of carboxylic acid groups (broad SMARTS) is 1. The van der Waals surface area contributed by atoms with Crippen molar-refractivity contribution in [1.82, 2.24) is 4.98 Å². The molecule has 0 saturated heterocycles. The van der Waals surface area contributed by atoms with Gasteiger partial charge in [-0.2, -0.15) is 0 Å². The van der Waals surface area contributed by atoms with E-state index in [0.29, 0.717) is 6.42 Å². The van der Waals surface area contributed by atoms with Crippen LogP contribution in [0.1, 0.15) is 42.1 Å². The molecule has 1 heterocycles. The molecule has 0 bridgehead atoms. The van der Waals surface area contributed by atoms with Crippen molar-refractivity contribution in [1.29, 1.82) is 0 Å². The summed E-state index contributed by atoms with van der Waals surface area (Å²) in [5.41, 5.74) is 6.07. The maximum absolute atomic E-state index is 10.9. The van der Waals surface area contributed by atoms with Gasteiger partial charge in [-0.15, -0.1) is 0 Å². The van der Waals surface area contributed by atoms with Crippen LogP contribution in [0.3, 0.4) is 0 Å². The van der Waals surface area contributed by atoms with Gasteiger partial charge in [-0.3, -0.25) is 9.78 Å². The number of aromatic nitrogens is 1. The number of carbonyl (C=O) groups is 1. The van der Waals surface area contributed by atoms with E-state index in [4.69, 9.17) is 10.1 Å². The third kappa shape index (κ3) is 2.17. The Morgan fingerprint density at radius 2 is 2.20 bits per heavy atom. The molecular weight excluding hydrogens is 250 g/mol. The van der Waals surface area contributed by atoms with E-state index in [1.54, 1.807) is 0 Å². The highest BCUT2D eigenvalue weighted by Crippen LogP contribution is 2.32. The van der Waals surface area contributed by atoms with Crippen LogP contribution in [-0.2, 0) is 30.5 Å². The number of rotatable bonds is 4. The average molecular weight is 269 g/mol. The molecule has 1 aliphatic carbocycles. The lowest BCUT2D eigenvalue weighted by Crippen LogP contribution is -2.04. The van der Waals surface area contributed by atoms with Crippen molar-refractivity contribution in [2.45, 2.75) is 45.4 Å². The van der Waals surface area contributed by atoms with Crippen LogP contribution < -0.4 is 0 Å². The second-order valence-electron chi connectivity index (χ2n) is 5.43. The fraction of sp³-hybridized carbons (Fsp3) is 0.412. The van der Waals surface area contributed by atoms with Crippen LogP contribution in [0.4, 0.5) is 0 Å². The molecule has 0 aliphatic heterocycles. The zero-order valence-electron chi connectivity index (χ0n) is 11.8. The Balaban J connectivity index is 2.21. The van der Waals surface area contributed by atoms with E-state index in [0.717, 1.165) is 36.6 Å². The maximum atomic E-state index is 10.9. The van der Waals surface area contributed by atoms with Crippen molar-refractivity contribution in [2.75, 3.05) is 0 Å². The van der Waals surface area contributed by atoms with Gasteiger partial charge in [-0.1, -0.05) is 25.1 Å². The van der Waals surface area contributed by atoms with E-state index < -0.39 is 5.97 Å². The lowest BCUT2D eigenvalue weighted by atomic mass is 9.95. The van der Waals surface area contributed by atoms with Crippen molar-refractivity contribution in [3.63, 3.8) is 0 Å². The van der Waals surface area contributed by atoms with Crippen LogP contribution in [-0.4, -0.2) is 16.1 Å². The number of carboxylic acids is 1. The maximum Gasteiger partial charge on any atom is 0.303 e. The number of fused-ring (bicyclic) bond motifs is 2. The summed E-state index contributed by atoms with van der Waals surface area (Å²) in [6, 6.07) is 6.28. The number of hydrogen-bond acceptors (Lipinski definition) is 2. The molecule has 0 fully saturated rings. The summed E-state index contributed by atoms with van der Waals surface area (Å²) in [6.45, 7) is 2.14. The SMILES string of the molecule is CCc1cccc2c(CCC(=O)O)c3c(nc12)CCC3. The first-order valence-electron chi connectivity index (χ1n) is 7.34. The molecule has 20 heavy (non-hydrogen) atoms. The molecule has 3 heteroatoms. The quantitative estimate of drug-likeness (QED) is 0.926. The first-order chi connectivity index (χ1) is 9.70. The molecule has 0 unspecified atom stereocenters. The molecule has 0 saturated carbocycles. The Kier molecular flexibility index (Phi) is 3.43. The zero-order chi connectivity index (χ0) is 14.1. The lowest BCUT2D eigenvalue weighted by Gasteiger charge is -2.13. The summed E-state index contributed by atoms with van der Waals surface area (Å²) in [4.78, 5) is 15.8. The molecule has 1 aromatic carbocycles. The van der Waals surface area contributed by atoms with Crippen LogP contribution in [0.25, 0.3) is 10.9 Å². The van der Waals surface area contributed by atoms with E-state index in [2.05, 4.69) is 25.1 Å². The van der Waals surface area contributed by atoms with Gasteiger partial charge in [0.05, 0.1) is 5.52 Å². The molecule has 0 radical (unpaired) electrons. The summed E-state index contributed by atoms with van der Waals surface area (Å²) in [7, 11) is 0. The molecule has 0 amide bonds. The molecule has 2 aromatic rings. The van der Waals surface area contributed by atoms with Crippen molar-refractivity contribution >= 4 is 16.9 Å². The summed E-state index contributed by atoms with van der Waals surface area (Å²) >= 11 is 0. The summed E-state index contributed by atoms with van der Waals surface area (Å²) in [6.07, 6.45) is 4.99. The van der Waals surface area contributed by atoms with Gasteiger partial charge in [0.15, 0.2) is 0 Å². The predicted octanol–water partition coefficient (Wildman–Crippen LogP) is 3.30. The fourth-order valence-corrected chi connectivity index (χ4v) is 3.24. The van der Waals surface area contributed by atoms with Crippen LogP contribution in [0.2, 0.25) is 0 Å². The minimum atomic E-state index is -0.728. The molecular formula is C17H19NO2. The van der Waals surface area contributed by atoms with Crippen LogP contribution >= 0.6 is 0 Å². The minimum Gasteiger partial charge on any atom is -0.481 e. The second kappa shape index (κ2) is 5.23. The Morgan fingerprint density at radius 1 is 1.35 bits per heavy atom. The number of aryl methyl sites for hydroxylation is 3. The Hall–Kier alpha value is -1.90. The van der Waals surface area contributed by atoms with Gasteiger partial charge in [-0.05, 0) is 48.8 Å². The number of benzene rings is 1. The number of hydrogen-bond donors (Lipinski definition) is 1. The highest BCUT2D eigenvalue weighted by molar-refractivity contribution is 5.87. The second-order valence-corrected chi connectivity index (χ2v) is 5.43.